The minimum absolute atomic E-state index is 0. The van der Waals surface area contributed by atoms with E-state index in [1.54, 1.807) is 0 Å². The molecule has 344 valence electrons. The second-order valence-corrected chi connectivity index (χ2v) is 17.4. The van der Waals surface area contributed by atoms with Gasteiger partial charge in [-0.05, 0) is 44.5 Å². The Morgan fingerprint density at radius 2 is 0.356 bits per heavy atom. The van der Waals surface area contributed by atoms with E-state index < -0.39 is 0 Å². The fourth-order valence-electron chi connectivity index (χ4n) is 9.82. The molecule has 8 bridgehead atoms. The summed E-state index contributed by atoms with van der Waals surface area (Å²) in [4.78, 5) is 44.2. The molecule has 13 rings (SSSR count). The summed E-state index contributed by atoms with van der Waals surface area (Å²) in [5.41, 5.74) is 15.8. The van der Waals surface area contributed by atoms with Crippen LogP contribution in [0.2, 0.25) is 0 Å². The van der Waals surface area contributed by atoms with Crippen molar-refractivity contribution < 1.29 is 19.5 Å². The van der Waals surface area contributed by atoms with Crippen LogP contribution in [0.5, 0.6) is 0 Å². The molecular formula is C64H40N8Ru. The van der Waals surface area contributed by atoms with Gasteiger partial charge in [0.15, 0.2) is 0 Å². The molecule has 0 saturated carbocycles. The number of fused-ring (bicyclic) bond motifs is 8. The number of hydrogen-bond donors (Lipinski definition) is 0. The number of nitrogens with zero attached hydrogens (tertiary/aromatic N) is 8. The van der Waals surface area contributed by atoms with Crippen LogP contribution in [-0.4, -0.2) is 29.9 Å². The van der Waals surface area contributed by atoms with Crippen molar-refractivity contribution in [2.75, 3.05) is 0 Å². The average Bonchev–Trinajstić information content (AvgIpc) is 4.20. The Bertz CT molecular complexity index is 3510. The first kappa shape index (κ1) is 44.9. The first-order valence-electron chi connectivity index (χ1n) is 23.9. The normalized spacial score (nSPS) is 12.2. The topological polar surface area (TPSA) is 106 Å². The number of rotatable bonds is 8. The fraction of sp³-hybridized carbons (Fsp3) is 0. The third kappa shape index (κ3) is 8.31. The van der Waals surface area contributed by atoms with Crippen LogP contribution in [0, 0.1) is 0 Å². The van der Waals surface area contributed by atoms with E-state index in [-0.39, 0.29) is 19.5 Å². The van der Waals surface area contributed by atoms with Crippen molar-refractivity contribution in [2.24, 2.45) is 0 Å². The molecule has 2 aliphatic heterocycles. The Morgan fingerprint density at radius 1 is 0.192 bits per heavy atom. The van der Waals surface area contributed by atoms with Gasteiger partial charge in [0.25, 0.3) is 0 Å². The molecule has 0 saturated heterocycles. The molecule has 3 aromatic heterocycles. The molecule has 8 aromatic carbocycles. The molecule has 5 heterocycles. The van der Waals surface area contributed by atoms with Crippen LogP contribution in [0.25, 0.3) is 89.4 Å². The Balaban J connectivity index is 0.00000543. The van der Waals surface area contributed by atoms with Gasteiger partial charge >= 0.3 is 19.5 Å². The van der Waals surface area contributed by atoms with Crippen molar-refractivity contribution in [3.8, 4) is 44.5 Å². The molecule has 0 fully saturated rings. The maximum absolute atomic E-state index is 5.58. The maximum atomic E-state index is 5.58. The summed E-state index contributed by atoms with van der Waals surface area (Å²) in [7, 11) is 0. The summed E-state index contributed by atoms with van der Waals surface area (Å²) in [5, 5.41) is 0. The van der Waals surface area contributed by atoms with Gasteiger partial charge in [0.2, 0.25) is 0 Å². The van der Waals surface area contributed by atoms with E-state index in [9.17, 15) is 0 Å². The van der Waals surface area contributed by atoms with Crippen LogP contribution >= 0.6 is 0 Å². The summed E-state index contributed by atoms with van der Waals surface area (Å²) >= 11 is 0. The molecule has 0 N–H and O–H groups in total. The molecular weight excluding hydrogens is 982 g/mol. The zero-order valence-electron chi connectivity index (χ0n) is 39.0. The van der Waals surface area contributed by atoms with Crippen molar-refractivity contribution in [1.82, 2.24) is 39.9 Å². The molecule has 0 aliphatic carbocycles. The van der Waals surface area contributed by atoms with Crippen LogP contribution in [-0.2, 0) is 19.5 Å². The Hall–Kier alpha value is -9.30. The van der Waals surface area contributed by atoms with E-state index in [0.717, 1.165) is 89.1 Å². The minimum atomic E-state index is 0. The first-order valence-corrected chi connectivity index (χ1v) is 23.9. The van der Waals surface area contributed by atoms with Crippen molar-refractivity contribution in [1.29, 1.82) is 0 Å². The molecule has 73 heavy (non-hydrogen) atoms. The standard InChI is InChI=1S/C64H40N8.Ru/c1-9-25-41(26-10-1)49-50(42-27-11-2-12-28-42)58-65-57(49)69-59-51(43-29-13-3-14-30-43)52(44-31-15-4-16-32-44)61(66-59)71-63-55(47-37-21-7-22-38-47)56(48-39-23-8-24-40-48)64(68-63)72-62-54(46-35-19-6-20-36-46)53(60(67-62)70-58)45-33-17-5-18-34-45;/h1-40H;/q-2;+2. The Kier molecular flexibility index (Phi) is 12.0. The Morgan fingerprint density at radius 3 is 0.534 bits per heavy atom. The van der Waals surface area contributed by atoms with Crippen molar-refractivity contribution in [2.45, 2.75) is 0 Å². The van der Waals surface area contributed by atoms with Crippen LogP contribution in [0.4, 0.5) is 0 Å². The van der Waals surface area contributed by atoms with Crippen molar-refractivity contribution in [3.63, 3.8) is 0 Å². The molecule has 0 amide bonds. The van der Waals surface area contributed by atoms with Crippen LogP contribution in [0.3, 0.4) is 0 Å². The van der Waals surface area contributed by atoms with Gasteiger partial charge in [-0.3, -0.25) is 0 Å². The summed E-state index contributed by atoms with van der Waals surface area (Å²) in [6.45, 7) is 0. The van der Waals surface area contributed by atoms with Gasteiger partial charge in [-0.1, -0.05) is 243 Å². The molecule has 0 atom stereocenters. The number of aromatic nitrogens is 8. The molecule has 11 aromatic rings. The smallest absolute Gasteiger partial charge is 0.357 e. The summed E-state index contributed by atoms with van der Waals surface area (Å²) < 4.78 is 0. The maximum Gasteiger partial charge on any atom is 2.00 e. The van der Waals surface area contributed by atoms with Crippen LogP contribution in [0.15, 0.2) is 243 Å². The van der Waals surface area contributed by atoms with Gasteiger partial charge in [-0.15, -0.1) is 0 Å². The van der Waals surface area contributed by atoms with Crippen LogP contribution < -0.4 is 9.97 Å². The molecule has 8 nitrogen and oxygen atoms in total. The molecule has 0 spiro atoms. The van der Waals surface area contributed by atoms with E-state index in [1.807, 2.05) is 146 Å². The molecule has 9 heteroatoms. The summed E-state index contributed by atoms with van der Waals surface area (Å²) in [5.74, 6) is 1.83. The van der Waals surface area contributed by atoms with Crippen molar-refractivity contribution >= 4 is 44.9 Å². The monoisotopic (exact) mass is 1020 g/mol. The third-order valence-corrected chi connectivity index (χ3v) is 13.0. The summed E-state index contributed by atoms with van der Waals surface area (Å²) in [6.07, 6.45) is 0. The number of benzene rings is 8. The predicted octanol–water partition coefficient (Wildman–Crippen LogP) is 13.8. The fourth-order valence-corrected chi connectivity index (χ4v) is 9.82. The number of hydrogen-bond acceptors (Lipinski definition) is 6. The van der Waals surface area contributed by atoms with E-state index in [1.165, 1.54) is 0 Å². The zero-order chi connectivity index (χ0) is 47.8. The summed E-state index contributed by atoms with van der Waals surface area (Å²) in [6, 6.07) is 82.2. The van der Waals surface area contributed by atoms with E-state index in [0.29, 0.717) is 45.9 Å². The van der Waals surface area contributed by atoms with E-state index in [2.05, 4.69) is 97.1 Å². The van der Waals surface area contributed by atoms with Gasteiger partial charge < -0.3 is 29.9 Å². The van der Waals surface area contributed by atoms with E-state index >= 15 is 0 Å². The Labute approximate surface area is 434 Å². The minimum Gasteiger partial charge on any atom is -0.357 e. The average molecular weight is 1020 g/mol. The van der Waals surface area contributed by atoms with Crippen molar-refractivity contribution in [3.05, 3.63) is 288 Å². The first-order chi connectivity index (χ1) is 35.7. The molecule has 0 radical (unpaired) electrons. The molecule has 0 unspecified atom stereocenters. The second kappa shape index (κ2) is 19.5. The SMILES string of the molecule is [Ru+2].c1ccc(C2=C(c3ccccc3)c3nc2nc2[n-]c(nc4nc(nc5[n-]c(n3)c(-c3ccccc3)c5-c3ccccc3)C(c3ccccc3)=C4c3ccccc3)c(-c3ccccc3)c2-c2ccccc2)cc1. The van der Waals surface area contributed by atoms with Gasteiger partial charge in [-0.2, -0.15) is 0 Å². The molecule has 2 aliphatic rings. The largest absolute Gasteiger partial charge is 2.00 e. The van der Waals surface area contributed by atoms with Gasteiger partial charge in [0.05, 0.1) is 23.3 Å². The van der Waals surface area contributed by atoms with Gasteiger partial charge in [-0.25, -0.2) is 9.97 Å². The third-order valence-electron chi connectivity index (χ3n) is 13.0. The van der Waals surface area contributed by atoms with Gasteiger partial charge in [0, 0.05) is 67.1 Å². The van der Waals surface area contributed by atoms with E-state index in [4.69, 9.17) is 39.9 Å². The van der Waals surface area contributed by atoms with Gasteiger partial charge in [0.1, 0.15) is 0 Å². The quantitative estimate of drug-likeness (QED) is 0.139. The predicted molar refractivity (Wildman–Crippen MR) is 288 cm³/mol. The second-order valence-electron chi connectivity index (χ2n) is 17.4. The van der Waals surface area contributed by atoms with Crippen LogP contribution in [0.1, 0.15) is 45.6 Å². The zero-order valence-corrected chi connectivity index (χ0v) is 40.8.